The lowest BCUT2D eigenvalue weighted by molar-refractivity contribution is 0.961. The molecule has 2 N–H and O–H groups in total. The number of fused-ring (bicyclic) bond motifs is 2. The second kappa shape index (κ2) is 5.35. The molecule has 0 saturated carbocycles. The van der Waals surface area contributed by atoms with Gasteiger partial charge < -0.3 is 9.97 Å². The Morgan fingerprint density at radius 1 is 0.864 bits per heavy atom. The van der Waals surface area contributed by atoms with Gasteiger partial charge in [0.25, 0.3) is 0 Å². The lowest BCUT2D eigenvalue weighted by atomic mass is 10.2. The largest absolute Gasteiger partial charge is 0.308 e. The molecule has 4 rings (SSSR count). The highest BCUT2D eigenvalue weighted by molar-refractivity contribution is 7.99. The van der Waals surface area contributed by atoms with Gasteiger partial charge in [0.05, 0.1) is 11.4 Å². The Labute approximate surface area is 141 Å². The Bertz CT molecular complexity index is 903. The number of nitrogens with one attached hydrogen (secondary N) is 2. The van der Waals surface area contributed by atoms with E-state index in [1.807, 2.05) is 24.3 Å². The van der Waals surface area contributed by atoms with Crippen molar-refractivity contribution in [2.75, 3.05) is 4.90 Å². The number of para-hydroxylation sites is 2. The smallest absolute Gasteiger partial charge is 0.217 e. The topological polar surface area (TPSA) is 47.7 Å². The van der Waals surface area contributed by atoms with E-state index in [0.29, 0.717) is 15.5 Å². The van der Waals surface area contributed by atoms with E-state index in [0.717, 1.165) is 11.4 Å². The zero-order valence-corrected chi connectivity index (χ0v) is 13.7. The van der Waals surface area contributed by atoms with Gasteiger partial charge in [0, 0.05) is 9.79 Å². The fourth-order valence-electron chi connectivity index (χ4n) is 2.42. The normalized spacial score (nSPS) is 12.6. The summed E-state index contributed by atoms with van der Waals surface area (Å²) in [6.07, 6.45) is 0. The summed E-state index contributed by atoms with van der Waals surface area (Å²) >= 11 is 12.1. The molecule has 22 heavy (non-hydrogen) atoms. The first kappa shape index (κ1) is 13.7. The molecule has 108 valence electrons. The maximum Gasteiger partial charge on any atom is 0.217 e. The molecule has 1 aromatic heterocycles. The third-order valence-electron chi connectivity index (χ3n) is 3.30. The SMILES string of the molecule is S=c1nc(N2c3ccccc3Sc3ccccc32)[nH]c(=S)[nH]1. The zero-order chi connectivity index (χ0) is 15.1. The van der Waals surface area contributed by atoms with Crippen LogP contribution in [0.4, 0.5) is 17.3 Å². The molecule has 0 saturated heterocycles. The summed E-state index contributed by atoms with van der Waals surface area (Å²) in [6.45, 7) is 0. The number of aromatic amines is 2. The zero-order valence-electron chi connectivity index (χ0n) is 11.2. The summed E-state index contributed by atoms with van der Waals surface area (Å²) < 4.78 is 0.829. The van der Waals surface area contributed by atoms with Crippen molar-refractivity contribution < 1.29 is 0 Å². The Morgan fingerprint density at radius 3 is 2.05 bits per heavy atom. The number of H-pyrrole nitrogens is 2. The Morgan fingerprint density at radius 2 is 1.45 bits per heavy atom. The Balaban J connectivity index is 2.02. The molecule has 7 heteroatoms. The molecule has 0 spiro atoms. The minimum absolute atomic E-state index is 0.368. The van der Waals surface area contributed by atoms with Gasteiger partial charge in [-0.1, -0.05) is 36.0 Å². The van der Waals surface area contributed by atoms with Crippen LogP contribution in [0.5, 0.6) is 0 Å². The van der Waals surface area contributed by atoms with Gasteiger partial charge in [-0.2, -0.15) is 4.98 Å². The van der Waals surface area contributed by atoms with Crippen LogP contribution in [0, 0.1) is 9.54 Å². The predicted molar refractivity (Wildman–Crippen MR) is 93.4 cm³/mol. The highest BCUT2D eigenvalue weighted by Gasteiger charge is 2.25. The standard InChI is InChI=1S/C15H10N4S3/c20-14-16-13(17-15(21)18-14)19-9-5-1-3-7-11(9)22-12-8-4-2-6-10(12)19/h1-8H,(H2,16,17,18,20,21). The fourth-order valence-corrected chi connectivity index (χ4v) is 3.92. The molecule has 3 aromatic rings. The highest BCUT2D eigenvalue weighted by atomic mass is 32.2. The molecule has 4 nitrogen and oxygen atoms in total. The maximum absolute atomic E-state index is 5.20. The first-order chi connectivity index (χ1) is 10.7. The number of rotatable bonds is 1. The Kier molecular flexibility index (Phi) is 3.33. The van der Waals surface area contributed by atoms with Crippen molar-refractivity contribution in [3.63, 3.8) is 0 Å². The molecule has 1 aliphatic heterocycles. The van der Waals surface area contributed by atoms with Gasteiger partial charge in [0.1, 0.15) is 0 Å². The van der Waals surface area contributed by atoms with Gasteiger partial charge in [-0.25, -0.2) is 0 Å². The average molecular weight is 342 g/mol. The summed E-state index contributed by atoms with van der Waals surface area (Å²) in [6, 6.07) is 16.4. The van der Waals surface area contributed by atoms with Crippen LogP contribution in [0.3, 0.4) is 0 Å². The van der Waals surface area contributed by atoms with E-state index in [4.69, 9.17) is 24.4 Å². The van der Waals surface area contributed by atoms with E-state index in [-0.39, 0.29) is 0 Å². The molecule has 0 atom stereocenters. The lowest BCUT2D eigenvalue weighted by Crippen LogP contribution is -2.17. The van der Waals surface area contributed by atoms with Crippen LogP contribution in [0.25, 0.3) is 0 Å². The van der Waals surface area contributed by atoms with Gasteiger partial charge in [-0.05, 0) is 48.7 Å². The Hall–Kier alpha value is -1.96. The van der Waals surface area contributed by atoms with E-state index < -0.39 is 0 Å². The minimum atomic E-state index is 0.368. The first-order valence-electron chi connectivity index (χ1n) is 6.59. The molecule has 0 amide bonds. The van der Waals surface area contributed by atoms with Crippen LogP contribution in [-0.2, 0) is 0 Å². The number of aromatic nitrogens is 3. The molecule has 0 unspecified atom stereocenters. The summed E-state index contributed by atoms with van der Waals surface area (Å²) in [5.41, 5.74) is 2.12. The molecular weight excluding hydrogens is 332 g/mol. The number of hydrogen-bond donors (Lipinski definition) is 2. The number of benzene rings is 2. The molecular formula is C15H10N4S3. The monoisotopic (exact) mass is 342 g/mol. The average Bonchev–Trinajstić information content (AvgIpc) is 2.51. The van der Waals surface area contributed by atoms with Crippen molar-refractivity contribution in [2.45, 2.75) is 9.79 Å². The van der Waals surface area contributed by atoms with Gasteiger partial charge in [-0.15, -0.1) is 0 Å². The summed E-state index contributed by atoms with van der Waals surface area (Å²) in [5.74, 6) is 0.619. The highest BCUT2D eigenvalue weighted by Crippen LogP contribution is 2.50. The third kappa shape index (κ3) is 2.27. The molecule has 0 bridgehead atoms. The molecule has 0 radical (unpaired) electrons. The van der Waals surface area contributed by atoms with Crippen LogP contribution in [-0.4, -0.2) is 15.0 Å². The molecule has 0 aliphatic carbocycles. The third-order valence-corrected chi connectivity index (χ3v) is 4.83. The van der Waals surface area contributed by atoms with E-state index in [1.165, 1.54) is 9.79 Å². The van der Waals surface area contributed by atoms with E-state index >= 15 is 0 Å². The summed E-state index contributed by atoms with van der Waals surface area (Å²) in [5, 5.41) is 0. The number of nitrogens with zero attached hydrogens (tertiary/aromatic N) is 2. The summed E-state index contributed by atoms with van der Waals surface area (Å²) in [4.78, 5) is 14.7. The maximum atomic E-state index is 5.20. The van der Waals surface area contributed by atoms with Crippen molar-refractivity contribution in [1.82, 2.24) is 15.0 Å². The summed E-state index contributed by atoms with van der Waals surface area (Å²) in [7, 11) is 0. The van der Waals surface area contributed by atoms with Crippen LogP contribution >= 0.6 is 36.2 Å². The van der Waals surface area contributed by atoms with Crippen LogP contribution in [0.1, 0.15) is 0 Å². The minimum Gasteiger partial charge on any atom is -0.308 e. The van der Waals surface area contributed by atoms with Crippen LogP contribution in [0.15, 0.2) is 58.3 Å². The second-order valence-corrected chi connectivity index (χ2v) is 6.57. The molecule has 0 fully saturated rings. The van der Waals surface area contributed by atoms with E-state index in [9.17, 15) is 0 Å². The van der Waals surface area contributed by atoms with Crippen molar-refractivity contribution >= 4 is 53.5 Å². The molecule has 2 heterocycles. The van der Waals surface area contributed by atoms with Gasteiger partial charge >= 0.3 is 0 Å². The van der Waals surface area contributed by atoms with E-state index in [1.54, 1.807) is 11.8 Å². The van der Waals surface area contributed by atoms with Gasteiger partial charge in [0.15, 0.2) is 4.77 Å². The molecule has 1 aliphatic rings. The predicted octanol–water partition coefficient (Wildman–Crippen LogP) is 5.13. The number of anilines is 3. The van der Waals surface area contributed by atoms with Crippen LogP contribution < -0.4 is 4.90 Å². The fraction of sp³-hybridized carbons (Fsp3) is 0. The first-order valence-corrected chi connectivity index (χ1v) is 8.22. The van der Waals surface area contributed by atoms with Crippen molar-refractivity contribution in [3.8, 4) is 0 Å². The molecule has 2 aromatic carbocycles. The van der Waals surface area contributed by atoms with E-state index in [2.05, 4.69) is 44.1 Å². The van der Waals surface area contributed by atoms with Crippen molar-refractivity contribution in [1.29, 1.82) is 0 Å². The van der Waals surface area contributed by atoms with Crippen LogP contribution in [0.2, 0.25) is 0 Å². The lowest BCUT2D eigenvalue weighted by Gasteiger charge is -2.31. The number of hydrogen-bond acceptors (Lipinski definition) is 5. The van der Waals surface area contributed by atoms with Gasteiger partial charge in [-0.3, -0.25) is 4.90 Å². The van der Waals surface area contributed by atoms with Gasteiger partial charge in [0.2, 0.25) is 10.7 Å². The second-order valence-electron chi connectivity index (χ2n) is 4.69. The van der Waals surface area contributed by atoms with Crippen molar-refractivity contribution in [2.24, 2.45) is 0 Å². The quantitative estimate of drug-likeness (QED) is 0.470. The van der Waals surface area contributed by atoms with Crippen molar-refractivity contribution in [3.05, 3.63) is 58.1 Å².